The van der Waals surface area contributed by atoms with E-state index >= 15 is 0 Å². The highest BCUT2D eigenvalue weighted by molar-refractivity contribution is 7.10. The van der Waals surface area contributed by atoms with Crippen LogP contribution >= 0.6 is 11.3 Å². The fraction of sp³-hybridized carbons (Fsp3) is 0.300. The number of thiophene rings is 1. The predicted octanol–water partition coefficient (Wildman–Crippen LogP) is 3.34. The van der Waals surface area contributed by atoms with E-state index < -0.39 is 0 Å². The number of hydrogen-bond donors (Lipinski definition) is 2. The van der Waals surface area contributed by atoms with Gasteiger partial charge in [-0.25, -0.2) is 0 Å². The summed E-state index contributed by atoms with van der Waals surface area (Å²) < 4.78 is 0. The molecule has 0 spiro atoms. The zero-order valence-electron chi connectivity index (χ0n) is 14.6. The van der Waals surface area contributed by atoms with Gasteiger partial charge in [-0.05, 0) is 41.1 Å². The Labute approximate surface area is 157 Å². The van der Waals surface area contributed by atoms with Crippen LogP contribution in [0.5, 0.6) is 5.75 Å². The van der Waals surface area contributed by atoms with E-state index in [4.69, 9.17) is 0 Å². The Kier molecular flexibility index (Phi) is 5.73. The van der Waals surface area contributed by atoms with E-state index in [1.165, 1.54) is 12.5 Å². The van der Waals surface area contributed by atoms with Crippen LogP contribution in [0.15, 0.2) is 47.9 Å². The Morgan fingerprint density at radius 2 is 2.04 bits per heavy atom. The molecule has 1 aliphatic heterocycles. The third-order valence-electron chi connectivity index (χ3n) is 4.44. The van der Waals surface area contributed by atoms with Crippen molar-refractivity contribution in [1.29, 1.82) is 0 Å². The van der Waals surface area contributed by atoms with E-state index in [9.17, 15) is 14.7 Å². The lowest BCUT2D eigenvalue weighted by Crippen LogP contribution is -2.38. The van der Waals surface area contributed by atoms with Crippen LogP contribution in [-0.4, -0.2) is 34.9 Å². The average Bonchev–Trinajstić information content (AvgIpc) is 3.16. The molecule has 2 amide bonds. The Bertz CT molecular complexity index is 797. The highest BCUT2D eigenvalue weighted by Crippen LogP contribution is 2.26. The lowest BCUT2D eigenvalue weighted by atomic mass is 9.99. The molecule has 1 aliphatic rings. The predicted molar refractivity (Wildman–Crippen MR) is 103 cm³/mol. The molecule has 2 N–H and O–H groups in total. The molecule has 2 aromatic rings. The van der Waals surface area contributed by atoms with E-state index in [-0.39, 0.29) is 30.0 Å². The highest BCUT2D eigenvalue weighted by atomic mass is 32.1. The van der Waals surface area contributed by atoms with E-state index in [2.05, 4.69) is 11.4 Å². The van der Waals surface area contributed by atoms with Gasteiger partial charge in [0, 0.05) is 24.9 Å². The van der Waals surface area contributed by atoms with Crippen molar-refractivity contribution in [1.82, 2.24) is 10.2 Å². The van der Waals surface area contributed by atoms with Crippen LogP contribution in [-0.2, 0) is 9.59 Å². The van der Waals surface area contributed by atoms with Crippen molar-refractivity contribution in [2.75, 3.05) is 13.1 Å². The van der Waals surface area contributed by atoms with Crippen molar-refractivity contribution in [3.05, 3.63) is 58.3 Å². The zero-order chi connectivity index (χ0) is 18.5. The molecule has 2 heterocycles. The second kappa shape index (κ2) is 8.19. The van der Waals surface area contributed by atoms with Crippen molar-refractivity contribution < 1.29 is 14.7 Å². The second-order valence-electron chi connectivity index (χ2n) is 6.34. The number of phenolic OH excluding ortho intramolecular Hbond substituents is 1. The number of phenols is 1. The van der Waals surface area contributed by atoms with Crippen molar-refractivity contribution in [2.45, 2.75) is 25.8 Å². The van der Waals surface area contributed by atoms with Gasteiger partial charge in [-0.1, -0.05) is 24.3 Å². The van der Waals surface area contributed by atoms with E-state index in [1.807, 2.05) is 34.5 Å². The van der Waals surface area contributed by atoms with E-state index in [1.54, 1.807) is 23.5 Å². The minimum atomic E-state index is -0.275. The molecule has 0 unspecified atom stereocenters. The number of hydrogen-bond acceptors (Lipinski definition) is 4. The smallest absolute Gasteiger partial charge is 0.225 e. The highest BCUT2D eigenvalue weighted by Gasteiger charge is 2.23. The van der Waals surface area contributed by atoms with Gasteiger partial charge in [0.05, 0.1) is 12.5 Å². The van der Waals surface area contributed by atoms with Gasteiger partial charge in [-0.3, -0.25) is 9.59 Å². The van der Waals surface area contributed by atoms with Crippen LogP contribution in [0.3, 0.4) is 0 Å². The van der Waals surface area contributed by atoms with E-state index in [0.29, 0.717) is 13.1 Å². The summed E-state index contributed by atoms with van der Waals surface area (Å²) in [7, 11) is 0. The summed E-state index contributed by atoms with van der Waals surface area (Å²) in [6.45, 7) is 2.69. The van der Waals surface area contributed by atoms with Crippen LogP contribution in [0.2, 0.25) is 0 Å². The Morgan fingerprint density at radius 3 is 2.62 bits per heavy atom. The van der Waals surface area contributed by atoms with Crippen molar-refractivity contribution >= 4 is 28.7 Å². The lowest BCUT2D eigenvalue weighted by molar-refractivity contribution is -0.131. The number of nitrogens with one attached hydrogen (secondary N) is 1. The molecule has 1 aromatic heterocycles. The Balaban J connectivity index is 1.63. The van der Waals surface area contributed by atoms with Crippen LogP contribution in [0, 0.1) is 0 Å². The first-order chi connectivity index (χ1) is 12.5. The number of nitrogens with zero attached hydrogens (tertiary/aromatic N) is 1. The number of carbonyl (C=O) groups excluding carboxylic acids is 2. The zero-order valence-corrected chi connectivity index (χ0v) is 15.5. The standard InChI is InChI=1S/C20H22N2O3S/c1-14(23)21-18(19-3-2-12-26-19)13-20(25)22-10-8-16(9-11-22)15-4-6-17(24)7-5-15/h2-8,12,18,24H,9-11,13H2,1H3,(H,21,23)/t18-/m1/s1. The molecule has 0 aliphatic carbocycles. The largest absolute Gasteiger partial charge is 0.508 e. The maximum absolute atomic E-state index is 12.7. The SMILES string of the molecule is CC(=O)N[C@H](CC(=O)N1CC=C(c2ccc(O)cc2)CC1)c1cccs1. The van der Waals surface area contributed by atoms with E-state index in [0.717, 1.165) is 16.9 Å². The summed E-state index contributed by atoms with van der Waals surface area (Å²) in [4.78, 5) is 27.0. The van der Waals surface area contributed by atoms with Crippen molar-refractivity contribution in [3.63, 3.8) is 0 Å². The minimum absolute atomic E-state index is 0.0400. The molecule has 0 bridgehead atoms. The Hall–Kier alpha value is -2.60. The fourth-order valence-electron chi connectivity index (χ4n) is 3.09. The molecule has 0 fully saturated rings. The fourth-order valence-corrected chi connectivity index (χ4v) is 3.87. The molecule has 0 radical (unpaired) electrons. The summed E-state index contributed by atoms with van der Waals surface area (Å²) in [5.74, 6) is 0.155. The van der Waals surface area contributed by atoms with Gasteiger partial charge in [0.25, 0.3) is 0 Å². The van der Waals surface area contributed by atoms with Gasteiger partial charge in [0.1, 0.15) is 5.75 Å². The third kappa shape index (κ3) is 4.52. The number of benzene rings is 1. The average molecular weight is 370 g/mol. The molecular formula is C20H22N2O3S. The number of amides is 2. The summed E-state index contributed by atoms with van der Waals surface area (Å²) in [6, 6.07) is 10.7. The molecule has 0 saturated heterocycles. The molecule has 1 atom stereocenters. The summed E-state index contributed by atoms with van der Waals surface area (Å²) >= 11 is 1.54. The van der Waals surface area contributed by atoms with Crippen molar-refractivity contribution in [3.8, 4) is 5.75 Å². The normalized spacial score (nSPS) is 15.3. The van der Waals surface area contributed by atoms with Gasteiger partial charge in [0.15, 0.2) is 0 Å². The molecule has 5 nitrogen and oxygen atoms in total. The monoisotopic (exact) mass is 370 g/mol. The minimum Gasteiger partial charge on any atom is -0.508 e. The van der Waals surface area contributed by atoms with Gasteiger partial charge in [0.2, 0.25) is 11.8 Å². The maximum Gasteiger partial charge on any atom is 0.225 e. The molecule has 0 saturated carbocycles. The first-order valence-corrected chi connectivity index (χ1v) is 9.47. The van der Waals surface area contributed by atoms with Crippen LogP contribution in [0.4, 0.5) is 0 Å². The van der Waals surface area contributed by atoms with Gasteiger partial charge in [-0.15, -0.1) is 11.3 Å². The summed E-state index contributed by atoms with van der Waals surface area (Å²) in [5.41, 5.74) is 2.26. The third-order valence-corrected chi connectivity index (χ3v) is 5.43. The quantitative estimate of drug-likeness (QED) is 0.848. The molecule has 1 aromatic carbocycles. The van der Waals surface area contributed by atoms with Crippen molar-refractivity contribution in [2.24, 2.45) is 0 Å². The first-order valence-electron chi connectivity index (χ1n) is 8.59. The van der Waals surface area contributed by atoms with Crippen LogP contribution in [0.25, 0.3) is 5.57 Å². The molecule has 3 rings (SSSR count). The number of carbonyl (C=O) groups is 2. The van der Waals surface area contributed by atoms with Gasteiger partial charge < -0.3 is 15.3 Å². The lowest BCUT2D eigenvalue weighted by Gasteiger charge is -2.28. The molecule has 6 heteroatoms. The first kappa shape index (κ1) is 18.2. The molecule has 136 valence electrons. The van der Waals surface area contributed by atoms with Gasteiger partial charge in [-0.2, -0.15) is 0 Å². The molecule has 26 heavy (non-hydrogen) atoms. The maximum atomic E-state index is 12.7. The number of aromatic hydroxyl groups is 1. The topological polar surface area (TPSA) is 69.6 Å². The van der Waals surface area contributed by atoms with Crippen LogP contribution < -0.4 is 5.32 Å². The summed E-state index contributed by atoms with van der Waals surface area (Å²) in [6.07, 6.45) is 3.11. The summed E-state index contributed by atoms with van der Waals surface area (Å²) in [5, 5.41) is 14.2. The second-order valence-corrected chi connectivity index (χ2v) is 7.32. The Morgan fingerprint density at radius 1 is 1.27 bits per heavy atom. The van der Waals surface area contributed by atoms with Gasteiger partial charge >= 0.3 is 0 Å². The van der Waals surface area contributed by atoms with Crippen LogP contribution in [0.1, 0.15) is 36.2 Å². The molecular weight excluding hydrogens is 348 g/mol. The number of rotatable bonds is 5.